The first kappa shape index (κ1) is 8.96. The Morgan fingerprint density at radius 2 is 2.36 bits per heavy atom. The van der Waals surface area contributed by atoms with E-state index in [4.69, 9.17) is 5.11 Å². The quantitative estimate of drug-likeness (QED) is 0.819. The van der Waals surface area contributed by atoms with Crippen molar-refractivity contribution in [1.29, 1.82) is 0 Å². The van der Waals surface area contributed by atoms with Gasteiger partial charge < -0.3 is 5.11 Å². The van der Waals surface area contributed by atoms with E-state index in [0.717, 1.165) is 11.3 Å². The van der Waals surface area contributed by atoms with Gasteiger partial charge in [0.15, 0.2) is 0 Å². The first-order valence-electron chi connectivity index (χ1n) is 3.99. The van der Waals surface area contributed by atoms with Crippen LogP contribution in [0.4, 0.5) is 0 Å². The number of rotatable bonds is 2. The molecular formula is C9H8N2O2S. The number of hydrogen-bond donors (Lipinski definition) is 1. The van der Waals surface area contributed by atoms with Gasteiger partial charge in [-0.15, -0.1) is 11.3 Å². The number of aromatic carboxylic acids is 1. The molecule has 0 bridgehead atoms. The lowest BCUT2D eigenvalue weighted by Crippen LogP contribution is -1.98. The number of carbonyl (C=O) groups is 1. The molecule has 0 radical (unpaired) electrons. The summed E-state index contributed by atoms with van der Waals surface area (Å²) in [5.41, 5.74) is 1.55. The highest BCUT2D eigenvalue weighted by Crippen LogP contribution is 2.27. The Balaban J connectivity index is 2.57. The molecule has 0 unspecified atom stereocenters. The molecule has 2 heterocycles. The molecule has 2 rings (SSSR count). The number of thiophene rings is 1. The Kier molecular flexibility index (Phi) is 2.09. The summed E-state index contributed by atoms with van der Waals surface area (Å²) in [6, 6.07) is 3.60. The summed E-state index contributed by atoms with van der Waals surface area (Å²) in [6.07, 6.45) is 1.65. The third kappa shape index (κ3) is 1.31. The highest BCUT2D eigenvalue weighted by molar-refractivity contribution is 7.12. The number of hydrogen-bond acceptors (Lipinski definition) is 3. The summed E-state index contributed by atoms with van der Waals surface area (Å²) in [7, 11) is 1.79. The van der Waals surface area contributed by atoms with Gasteiger partial charge in [0.05, 0.1) is 5.69 Å². The predicted octanol–water partition coefficient (Wildman–Crippen LogP) is 1.85. The van der Waals surface area contributed by atoms with Gasteiger partial charge >= 0.3 is 5.97 Å². The lowest BCUT2D eigenvalue weighted by Gasteiger charge is -2.00. The standard InChI is InChI=1S/C9H8N2O2S/c1-11-7(2-4-10-11)6-3-5-14-8(6)9(12)13/h2-5H,1H3,(H,12,13). The van der Waals surface area contributed by atoms with Crippen molar-refractivity contribution in [3.8, 4) is 11.3 Å². The summed E-state index contributed by atoms with van der Waals surface area (Å²) in [6.45, 7) is 0. The van der Waals surface area contributed by atoms with Crippen molar-refractivity contribution in [2.45, 2.75) is 0 Å². The second kappa shape index (κ2) is 3.26. The van der Waals surface area contributed by atoms with Gasteiger partial charge in [-0.1, -0.05) is 0 Å². The smallest absolute Gasteiger partial charge is 0.346 e. The van der Waals surface area contributed by atoms with Crippen LogP contribution in [-0.2, 0) is 7.05 Å². The highest BCUT2D eigenvalue weighted by Gasteiger charge is 2.14. The Morgan fingerprint density at radius 3 is 2.93 bits per heavy atom. The molecule has 0 aromatic carbocycles. The van der Waals surface area contributed by atoms with Gasteiger partial charge in [0.25, 0.3) is 0 Å². The van der Waals surface area contributed by atoms with Crippen LogP contribution in [0.5, 0.6) is 0 Å². The van der Waals surface area contributed by atoms with Crippen LogP contribution in [0.3, 0.4) is 0 Å². The first-order valence-corrected chi connectivity index (χ1v) is 4.87. The molecule has 2 aromatic heterocycles. The summed E-state index contributed by atoms with van der Waals surface area (Å²) >= 11 is 1.22. The fourth-order valence-electron chi connectivity index (χ4n) is 1.31. The molecule has 0 saturated carbocycles. The largest absolute Gasteiger partial charge is 0.477 e. The maximum absolute atomic E-state index is 10.9. The molecule has 5 heteroatoms. The third-order valence-corrected chi connectivity index (χ3v) is 2.86. The van der Waals surface area contributed by atoms with Crippen LogP contribution >= 0.6 is 11.3 Å². The normalized spacial score (nSPS) is 10.4. The Labute approximate surface area is 84.4 Å². The lowest BCUT2D eigenvalue weighted by molar-refractivity contribution is 0.0703. The Bertz CT molecular complexity index is 473. The molecule has 0 aliphatic rings. The molecule has 0 fully saturated rings. The molecule has 0 saturated heterocycles. The fraction of sp³-hybridized carbons (Fsp3) is 0.111. The van der Waals surface area contributed by atoms with E-state index >= 15 is 0 Å². The maximum Gasteiger partial charge on any atom is 0.346 e. The van der Waals surface area contributed by atoms with Crippen LogP contribution in [0.2, 0.25) is 0 Å². The van der Waals surface area contributed by atoms with Gasteiger partial charge in [0, 0.05) is 18.8 Å². The zero-order valence-corrected chi connectivity index (χ0v) is 8.28. The minimum absolute atomic E-state index is 0.355. The molecule has 72 valence electrons. The number of carboxylic acid groups (broad SMARTS) is 1. The van der Waals surface area contributed by atoms with Gasteiger partial charge in [-0.2, -0.15) is 5.10 Å². The van der Waals surface area contributed by atoms with Crippen molar-refractivity contribution >= 4 is 17.3 Å². The zero-order valence-electron chi connectivity index (χ0n) is 7.47. The Hall–Kier alpha value is -1.62. The SMILES string of the molecule is Cn1nccc1-c1ccsc1C(=O)O. The summed E-state index contributed by atoms with van der Waals surface area (Å²) in [5, 5.41) is 14.7. The lowest BCUT2D eigenvalue weighted by atomic mass is 10.2. The Morgan fingerprint density at radius 1 is 1.57 bits per heavy atom. The van der Waals surface area contributed by atoms with E-state index in [1.54, 1.807) is 35.4 Å². The van der Waals surface area contributed by atoms with Crippen molar-refractivity contribution in [2.75, 3.05) is 0 Å². The van der Waals surface area contributed by atoms with Crippen molar-refractivity contribution in [3.63, 3.8) is 0 Å². The van der Waals surface area contributed by atoms with Gasteiger partial charge in [-0.05, 0) is 17.5 Å². The summed E-state index contributed by atoms with van der Waals surface area (Å²) in [4.78, 5) is 11.2. The minimum Gasteiger partial charge on any atom is -0.477 e. The minimum atomic E-state index is -0.892. The number of carboxylic acids is 1. The molecule has 4 nitrogen and oxygen atoms in total. The van der Waals surface area contributed by atoms with E-state index in [1.807, 2.05) is 0 Å². The van der Waals surface area contributed by atoms with Crippen LogP contribution < -0.4 is 0 Å². The van der Waals surface area contributed by atoms with E-state index in [9.17, 15) is 4.79 Å². The van der Waals surface area contributed by atoms with E-state index in [2.05, 4.69) is 5.10 Å². The van der Waals surface area contributed by atoms with Crippen LogP contribution in [0.1, 0.15) is 9.67 Å². The van der Waals surface area contributed by atoms with Crippen LogP contribution in [0, 0.1) is 0 Å². The van der Waals surface area contributed by atoms with E-state index < -0.39 is 5.97 Å². The van der Waals surface area contributed by atoms with Crippen molar-refractivity contribution < 1.29 is 9.90 Å². The van der Waals surface area contributed by atoms with E-state index in [-0.39, 0.29) is 0 Å². The molecule has 14 heavy (non-hydrogen) atoms. The number of nitrogens with zero attached hydrogens (tertiary/aromatic N) is 2. The molecule has 1 N–H and O–H groups in total. The highest BCUT2D eigenvalue weighted by atomic mass is 32.1. The molecule has 0 amide bonds. The second-order valence-electron chi connectivity index (χ2n) is 2.81. The van der Waals surface area contributed by atoms with Gasteiger partial charge in [0.1, 0.15) is 4.88 Å². The second-order valence-corrected chi connectivity index (χ2v) is 3.72. The van der Waals surface area contributed by atoms with Crippen molar-refractivity contribution in [2.24, 2.45) is 7.05 Å². The van der Waals surface area contributed by atoms with Gasteiger partial charge in [-0.25, -0.2) is 4.79 Å². The van der Waals surface area contributed by atoms with Crippen LogP contribution in [-0.4, -0.2) is 20.9 Å². The molecule has 0 aliphatic heterocycles. The number of aromatic nitrogens is 2. The zero-order chi connectivity index (χ0) is 10.1. The van der Waals surface area contributed by atoms with Crippen LogP contribution in [0.15, 0.2) is 23.7 Å². The van der Waals surface area contributed by atoms with Gasteiger partial charge in [0.2, 0.25) is 0 Å². The van der Waals surface area contributed by atoms with Crippen LogP contribution in [0.25, 0.3) is 11.3 Å². The molecule has 0 aliphatic carbocycles. The summed E-state index contributed by atoms with van der Waals surface area (Å²) in [5.74, 6) is -0.892. The van der Waals surface area contributed by atoms with Gasteiger partial charge in [-0.3, -0.25) is 4.68 Å². The number of aryl methyl sites for hydroxylation is 1. The molecule has 0 atom stereocenters. The third-order valence-electron chi connectivity index (χ3n) is 1.96. The molecule has 2 aromatic rings. The maximum atomic E-state index is 10.9. The fourth-order valence-corrected chi connectivity index (χ4v) is 2.06. The summed E-state index contributed by atoms with van der Waals surface area (Å²) < 4.78 is 1.66. The molecular weight excluding hydrogens is 200 g/mol. The molecule has 0 spiro atoms. The van der Waals surface area contributed by atoms with Crippen molar-refractivity contribution in [3.05, 3.63) is 28.6 Å². The van der Waals surface area contributed by atoms with E-state index in [0.29, 0.717) is 4.88 Å². The topological polar surface area (TPSA) is 55.1 Å². The monoisotopic (exact) mass is 208 g/mol. The predicted molar refractivity (Wildman–Crippen MR) is 53.5 cm³/mol. The van der Waals surface area contributed by atoms with Crippen molar-refractivity contribution in [1.82, 2.24) is 9.78 Å². The average molecular weight is 208 g/mol. The average Bonchev–Trinajstić information content (AvgIpc) is 2.70. The van der Waals surface area contributed by atoms with E-state index in [1.165, 1.54) is 11.3 Å². The first-order chi connectivity index (χ1) is 6.70.